The zero-order valence-corrected chi connectivity index (χ0v) is 11.9. The first-order valence-electron chi connectivity index (χ1n) is 4.52. The number of hydrogen-bond acceptors (Lipinski definition) is 8. The predicted molar refractivity (Wildman–Crippen MR) is 58.8 cm³/mol. The molecule has 0 amide bonds. The summed E-state index contributed by atoms with van der Waals surface area (Å²) in [6, 6.07) is 0. The van der Waals surface area contributed by atoms with E-state index in [2.05, 4.69) is 4.74 Å². The number of esters is 1. The number of carbonyl (C=O) groups is 4. The van der Waals surface area contributed by atoms with Crippen LogP contribution in [-0.4, -0.2) is 117 Å². The molecule has 0 heterocycles. The van der Waals surface area contributed by atoms with Gasteiger partial charge in [-0.25, -0.2) is 19.2 Å². The second-order valence-corrected chi connectivity index (χ2v) is 3.21. The Morgan fingerprint density at radius 3 is 1.45 bits per heavy atom. The van der Waals surface area contributed by atoms with E-state index >= 15 is 0 Å². The fourth-order valence-electron chi connectivity index (χ4n) is 0.838. The van der Waals surface area contributed by atoms with E-state index < -0.39 is 48.3 Å². The molecule has 20 heavy (non-hydrogen) atoms. The Balaban J connectivity index is -0.000000540. The largest absolute Gasteiger partial charge is 2.00 e. The van der Waals surface area contributed by atoms with Crippen LogP contribution in [0.25, 0.3) is 0 Å². The van der Waals surface area contributed by atoms with Crippen LogP contribution in [-0.2, 0) is 23.9 Å². The average Bonchev–Trinajstić information content (AvgIpc) is 2.31. The number of carboxylic acids is 3. The van der Waals surface area contributed by atoms with Crippen molar-refractivity contribution in [1.82, 2.24) is 0 Å². The van der Waals surface area contributed by atoms with Crippen LogP contribution in [0.1, 0.15) is 2.85 Å². The summed E-state index contributed by atoms with van der Waals surface area (Å²) < 4.78 is 3.93. The molecule has 0 fully saturated rings. The standard InChI is InChI=1S/C8H10O11.Ca.2H/c9-1(5(12)13)2(10)8(18)19-4(7(16)17)3(11)6(14)15;;;/h1-4,9-11H,(H,12,13)(H,14,15)(H,16,17);;;/q;+2;2*-1. The molecule has 12 heteroatoms. The minimum Gasteiger partial charge on any atom is -1.00 e. The maximum absolute atomic E-state index is 11.1. The molecule has 11 nitrogen and oxygen atoms in total. The average molecular weight is 324 g/mol. The number of hydrogen-bond donors (Lipinski definition) is 6. The molecule has 0 rings (SSSR count). The van der Waals surface area contributed by atoms with Crippen molar-refractivity contribution >= 4 is 61.6 Å². The van der Waals surface area contributed by atoms with E-state index in [-0.39, 0.29) is 40.6 Å². The van der Waals surface area contributed by atoms with Gasteiger partial charge in [0.05, 0.1) is 0 Å². The van der Waals surface area contributed by atoms with Gasteiger partial charge in [-0.15, -0.1) is 0 Å². The molecular weight excluding hydrogens is 312 g/mol. The monoisotopic (exact) mass is 324 g/mol. The van der Waals surface area contributed by atoms with Gasteiger partial charge in [-0.1, -0.05) is 0 Å². The van der Waals surface area contributed by atoms with Gasteiger partial charge < -0.3 is 38.2 Å². The third-order valence-electron chi connectivity index (χ3n) is 1.82. The van der Waals surface area contributed by atoms with Gasteiger partial charge in [-0.2, -0.15) is 0 Å². The Kier molecular flexibility index (Phi) is 9.64. The number of aliphatic hydroxyl groups excluding tert-OH is 3. The Labute approximate surface area is 143 Å². The van der Waals surface area contributed by atoms with Crippen molar-refractivity contribution in [2.24, 2.45) is 0 Å². The molecule has 0 bridgehead atoms. The maximum Gasteiger partial charge on any atom is 2.00 e. The molecule has 0 aliphatic heterocycles. The summed E-state index contributed by atoms with van der Waals surface area (Å²) in [6.45, 7) is 0. The van der Waals surface area contributed by atoms with Gasteiger partial charge in [-0.05, 0) is 0 Å². The van der Waals surface area contributed by atoms with Crippen LogP contribution in [0.4, 0.5) is 0 Å². The van der Waals surface area contributed by atoms with Crippen molar-refractivity contribution in [2.75, 3.05) is 0 Å². The van der Waals surface area contributed by atoms with Gasteiger partial charge in [0.25, 0.3) is 0 Å². The Morgan fingerprint density at radius 2 is 1.15 bits per heavy atom. The summed E-state index contributed by atoms with van der Waals surface area (Å²) in [4.78, 5) is 42.2. The van der Waals surface area contributed by atoms with Crippen LogP contribution in [0, 0.1) is 0 Å². The summed E-state index contributed by atoms with van der Waals surface area (Å²) in [5, 5.41) is 51.8. The summed E-state index contributed by atoms with van der Waals surface area (Å²) in [5.74, 6) is -7.97. The zero-order chi connectivity index (χ0) is 15.3. The molecule has 112 valence electrons. The number of aliphatic hydroxyl groups is 3. The molecule has 6 N–H and O–H groups in total. The second kappa shape index (κ2) is 9.05. The number of carboxylic acid groups (broad SMARTS) is 3. The summed E-state index contributed by atoms with van der Waals surface area (Å²) in [6.07, 6.45) is -10.4. The normalized spacial score (nSPS) is 15.9. The first-order chi connectivity index (χ1) is 8.59. The Hall–Kier alpha value is -0.980. The third kappa shape index (κ3) is 5.98. The molecule has 4 atom stereocenters. The number of carbonyl (C=O) groups excluding carboxylic acids is 1. The Morgan fingerprint density at radius 1 is 0.750 bits per heavy atom. The minimum atomic E-state index is -2.64. The first kappa shape index (κ1) is 21.3. The molecule has 0 aliphatic carbocycles. The van der Waals surface area contributed by atoms with Crippen LogP contribution >= 0.6 is 0 Å². The molecule has 0 saturated heterocycles. The second-order valence-electron chi connectivity index (χ2n) is 3.21. The summed E-state index contributed by atoms with van der Waals surface area (Å²) >= 11 is 0. The zero-order valence-electron chi connectivity index (χ0n) is 11.7. The third-order valence-corrected chi connectivity index (χ3v) is 1.82. The number of ether oxygens (including phenoxy) is 1. The van der Waals surface area contributed by atoms with Crippen molar-refractivity contribution < 1.29 is 57.4 Å². The smallest absolute Gasteiger partial charge is 1.00 e. The Bertz CT molecular complexity index is 404. The first-order valence-corrected chi connectivity index (χ1v) is 4.52. The molecule has 0 aromatic carbocycles. The fraction of sp³-hybridized carbons (Fsp3) is 0.500. The van der Waals surface area contributed by atoms with Crippen molar-refractivity contribution in [2.45, 2.75) is 24.4 Å². The van der Waals surface area contributed by atoms with E-state index in [4.69, 9.17) is 30.6 Å². The number of rotatable bonds is 7. The van der Waals surface area contributed by atoms with Crippen LogP contribution in [0.5, 0.6) is 0 Å². The van der Waals surface area contributed by atoms with Crippen molar-refractivity contribution in [3.8, 4) is 0 Å². The predicted octanol–water partition coefficient (Wildman–Crippen LogP) is -3.92. The molecule has 0 aliphatic rings. The van der Waals surface area contributed by atoms with E-state index in [0.717, 1.165) is 0 Å². The molecular formula is C8H12CaO11. The quantitative estimate of drug-likeness (QED) is 0.197. The minimum absolute atomic E-state index is 0. The summed E-state index contributed by atoms with van der Waals surface area (Å²) in [7, 11) is 0. The van der Waals surface area contributed by atoms with E-state index in [1.165, 1.54) is 0 Å². The number of aliphatic carboxylic acids is 3. The SMILES string of the molecule is O=C(O)C(O)C(O)C(=O)OC(C(=O)O)C(O)C(=O)O.[Ca+2].[H-].[H-]. The fourth-order valence-corrected chi connectivity index (χ4v) is 0.838. The molecule has 0 spiro atoms. The van der Waals surface area contributed by atoms with Crippen LogP contribution in [0.3, 0.4) is 0 Å². The van der Waals surface area contributed by atoms with Crippen LogP contribution in [0.2, 0.25) is 0 Å². The van der Waals surface area contributed by atoms with Gasteiger partial charge >= 0.3 is 61.6 Å². The van der Waals surface area contributed by atoms with Crippen molar-refractivity contribution in [3.05, 3.63) is 0 Å². The van der Waals surface area contributed by atoms with E-state index in [9.17, 15) is 19.2 Å². The van der Waals surface area contributed by atoms with Gasteiger partial charge in [0, 0.05) is 0 Å². The van der Waals surface area contributed by atoms with Crippen molar-refractivity contribution in [1.29, 1.82) is 0 Å². The molecule has 0 aromatic heterocycles. The van der Waals surface area contributed by atoms with Gasteiger partial charge in [0.2, 0.25) is 6.10 Å². The van der Waals surface area contributed by atoms with E-state index in [1.807, 2.05) is 0 Å². The molecule has 0 radical (unpaired) electrons. The van der Waals surface area contributed by atoms with E-state index in [0.29, 0.717) is 0 Å². The van der Waals surface area contributed by atoms with Crippen LogP contribution in [0.15, 0.2) is 0 Å². The van der Waals surface area contributed by atoms with Gasteiger partial charge in [0.15, 0.2) is 18.3 Å². The molecule has 4 unspecified atom stereocenters. The summed E-state index contributed by atoms with van der Waals surface area (Å²) in [5.41, 5.74) is 0. The van der Waals surface area contributed by atoms with Gasteiger partial charge in [-0.3, -0.25) is 0 Å². The van der Waals surface area contributed by atoms with E-state index in [1.54, 1.807) is 0 Å². The molecule has 0 saturated carbocycles. The van der Waals surface area contributed by atoms with Gasteiger partial charge in [0.1, 0.15) is 0 Å². The maximum atomic E-state index is 11.1. The van der Waals surface area contributed by atoms with Crippen molar-refractivity contribution in [3.63, 3.8) is 0 Å². The topological polar surface area (TPSA) is 199 Å². The molecule has 0 aromatic rings. The van der Waals surface area contributed by atoms with Crippen LogP contribution < -0.4 is 0 Å².